The van der Waals surface area contributed by atoms with E-state index in [1.807, 2.05) is 60.7 Å². The van der Waals surface area contributed by atoms with E-state index in [0.29, 0.717) is 16.0 Å². The molecule has 2 aliphatic rings. The fourth-order valence-corrected chi connectivity index (χ4v) is 7.07. The maximum atomic E-state index is 14.2. The van der Waals surface area contributed by atoms with E-state index < -0.39 is 88.9 Å². The lowest BCUT2D eigenvalue weighted by Gasteiger charge is -2.36. The van der Waals surface area contributed by atoms with Crippen LogP contribution in [0.2, 0.25) is 0 Å². The third-order valence-corrected chi connectivity index (χ3v) is 10.4. The Hall–Kier alpha value is -7.59. The first-order valence-electron chi connectivity index (χ1n) is 21.7. The van der Waals surface area contributed by atoms with Crippen molar-refractivity contribution in [2.75, 3.05) is 5.32 Å². The second kappa shape index (κ2) is 20.7. The number of hydrogen-bond acceptors (Lipinski definition) is 17. The number of thiazole rings is 1. The summed E-state index contributed by atoms with van der Waals surface area (Å²) in [4.78, 5) is 95.4. The summed E-state index contributed by atoms with van der Waals surface area (Å²) in [7, 11) is 0. The second-order valence-electron chi connectivity index (χ2n) is 18.9. The first-order chi connectivity index (χ1) is 32.4. The van der Waals surface area contributed by atoms with Gasteiger partial charge in [-0.3, -0.25) is 14.9 Å². The number of hydrogen-bond donors (Lipinski definition) is 3. The van der Waals surface area contributed by atoms with Crippen LogP contribution in [0.1, 0.15) is 109 Å². The fourth-order valence-electron chi connectivity index (χ4n) is 6.39. The highest BCUT2D eigenvalue weighted by Gasteiger charge is 2.56. The molecular weight excluding hydrogens is 917 g/mol. The highest BCUT2D eigenvalue weighted by Crippen LogP contribution is 2.43. The summed E-state index contributed by atoms with van der Waals surface area (Å²) in [5.41, 5.74) is 5.81. The number of imide groups is 1. The number of carbonyl (C=O) groups is 6. The van der Waals surface area contributed by atoms with Crippen LogP contribution in [0.5, 0.6) is 0 Å². The van der Waals surface area contributed by atoms with Crippen molar-refractivity contribution in [2.45, 2.75) is 135 Å². The Bertz CT molecular complexity index is 2560. The van der Waals surface area contributed by atoms with E-state index in [0.717, 1.165) is 16.1 Å². The standard InChI is InChI=1S/C45H54N12O11S/c1-42(2,3)65-39(61)51-38-49-31(25-69-38)33(54-68-45(20-21-45)37(60)64-34(26-16-12-10-13-17-26)27-18-14-11-15-19-27)36(59)50-32-30(48-35(32)58)24-57-52-28(22-47-55-46)29(53-57)23-56(40(62)66-43(4,5)6)41(63)67-44(7,8)9/h10-19,25,30,32,34H,20-24H2,1-9H3,(H,48,58)(H,50,59)(H,49,51,61)/t30-,32-/m0/s1. The smallest absolute Gasteiger partial charge is 0.420 e. The molecule has 366 valence electrons. The third kappa shape index (κ3) is 14.0. The molecule has 2 fully saturated rings. The fraction of sp³-hybridized carbons (Fsp3) is 0.467. The molecule has 2 aromatic carbocycles. The minimum Gasteiger partial charge on any atom is -0.450 e. The summed E-state index contributed by atoms with van der Waals surface area (Å²) in [5.74, 6) is -2.25. The number of aromatic nitrogens is 4. The van der Waals surface area contributed by atoms with Crippen molar-refractivity contribution in [1.29, 1.82) is 0 Å². The van der Waals surface area contributed by atoms with Gasteiger partial charge in [-0.1, -0.05) is 70.9 Å². The van der Waals surface area contributed by atoms with Crippen molar-refractivity contribution in [3.63, 3.8) is 0 Å². The maximum Gasteiger partial charge on any atom is 0.420 e. The highest BCUT2D eigenvalue weighted by atomic mass is 32.1. The van der Waals surface area contributed by atoms with Crippen molar-refractivity contribution in [3.05, 3.63) is 105 Å². The average molecular weight is 971 g/mol. The van der Waals surface area contributed by atoms with Crippen molar-refractivity contribution in [1.82, 2.24) is 35.5 Å². The van der Waals surface area contributed by atoms with Crippen LogP contribution in [0.4, 0.5) is 19.5 Å². The number of β-lactam (4-membered cyclic amide) rings is 1. The number of nitrogens with one attached hydrogen (secondary N) is 3. The van der Waals surface area contributed by atoms with Gasteiger partial charge in [-0.25, -0.2) is 29.1 Å². The van der Waals surface area contributed by atoms with E-state index in [1.165, 1.54) is 5.38 Å². The lowest BCUT2D eigenvalue weighted by atomic mass is 9.98. The number of carbonyl (C=O) groups excluding carboxylic acids is 6. The van der Waals surface area contributed by atoms with Crippen LogP contribution >= 0.6 is 11.3 Å². The van der Waals surface area contributed by atoms with E-state index >= 15 is 0 Å². The molecule has 23 nitrogen and oxygen atoms in total. The van der Waals surface area contributed by atoms with Crippen LogP contribution in [0.15, 0.2) is 76.3 Å². The molecule has 24 heteroatoms. The molecule has 69 heavy (non-hydrogen) atoms. The largest absolute Gasteiger partial charge is 0.450 e. The number of benzene rings is 2. The number of esters is 1. The topological polar surface area (TPSA) is 293 Å². The number of amides is 5. The normalized spacial score (nSPS) is 16.4. The average Bonchev–Trinajstić information content (AvgIpc) is 3.76. The van der Waals surface area contributed by atoms with Gasteiger partial charge in [-0.2, -0.15) is 15.0 Å². The molecule has 3 N–H and O–H groups in total. The molecule has 0 spiro atoms. The Kier molecular flexibility index (Phi) is 15.3. The predicted octanol–water partition coefficient (Wildman–Crippen LogP) is 6.83. The third-order valence-electron chi connectivity index (χ3n) is 9.67. The second-order valence-corrected chi connectivity index (χ2v) is 19.8. The van der Waals surface area contributed by atoms with Crippen molar-refractivity contribution >= 4 is 58.2 Å². The van der Waals surface area contributed by atoms with Crippen LogP contribution in [0.25, 0.3) is 10.4 Å². The van der Waals surface area contributed by atoms with Crippen LogP contribution in [-0.4, -0.2) is 101 Å². The first kappa shape index (κ1) is 50.8. The van der Waals surface area contributed by atoms with E-state index in [4.69, 9.17) is 29.3 Å². The zero-order valence-electron chi connectivity index (χ0n) is 39.5. The Morgan fingerprint density at radius 3 is 1.97 bits per heavy atom. The number of rotatable bonds is 16. The number of oxime groups is 1. The molecule has 1 aliphatic carbocycles. The van der Waals surface area contributed by atoms with Gasteiger partial charge >= 0.3 is 24.2 Å². The number of ether oxygens (including phenoxy) is 4. The molecule has 2 aromatic heterocycles. The molecule has 6 rings (SSSR count). The summed E-state index contributed by atoms with van der Waals surface area (Å²) >= 11 is 0.950. The summed E-state index contributed by atoms with van der Waals surface area (Å²) < 4.78 is 22.4. The zero-order valence-corrected chi connectivity index (χ0v) is 40.4. The number of anilines is 1. The van der Waals surface area contributed by atoms with Gasteiger partial charge in [-0.15, -0.1) is 11.3 Å². The van der Waals surface area contributed by atoms with Crippen molar-refractivity contribution < 1.29 is 52.6 Å². The summed E-state index contributed by atoms with van der Waals surface area (Å²) in [6.07, 6.45) is -3.22. The highest BCUT2D eigenvalue weighted by molar-refractivity contribution is 7.14. The van der Waals surface area contributed by atoms with E-state index in [9.17, 15) is 28.8 Å². The molecule has 5 amide bonds. The van der Waals surface area contributed by atoms with Crippen LogP contribution in [-0.2, 0) is 57.8 Å². The van der Waals surface area contributed by atoms with Gasteiger partial charge in [0.05, 0.1) is 31.4 Å². The van der Waals surface area contributed by atoms with Gasteiger partial charge in [-0.05, 0) is 79.0 Å². The van der Waals surface area contributed by atoms with Crippen LogP contribution in [0, 0.1) is 0 Å². The quantitative estimate of drug-likeness (QED) is 0.0152. The molecule has 1 saturated carbocycles. The Morgan fingerprint density at radius 1 is 0.884 bits per heavy atom. The molecular formula is C45H54N12O11S. The van der Waals surface area contributed by atoms with Gasteiger partial charge < -0.3 is 34.4 Å². The van der Waals surface area contributed by atoms with Crippen LogP contribution in [0.3, 0.4) is 0 Å². The van der Waals surface area contributed by atoms with E-state index in [2.05, 4.69) is 46.3 Å². The number of azide groups is 1. The van der Waals surface area contributed by atoms with E-state index in [-0.39, 0.29) is 48.1 Å². The lowest BCUT2D eigenvalue weighted by molar-refractivity contribution is -0.164. The molecule has 4 aromatic rings. The Labute approximate surface area is 400 Å². The van der Waals surface area contributed by atoms with E-state index in [1.54, 1.807) is 62.3 Å². The Balaban J connectivity index is 1.24. The number of nitrogens with zero attached hydrogens (tertiary/aromatic N) is 9. The molecule has 0 unspecified atom stereocenters. The summed E-state index contributed by atoms with van der Waals surface area (Å²) in [6.45, 7) is 13.8. The van der Waals surface area contributed by atoms with Gasteiger partial charge in [0.2, 0.25) is 11.5 Å². The van der Waals surface area contributed by atoms with Gasteiger partial charge in [0.1, 0.15) is 34.2 Å². The van der Waals surface area contributed by atoms with Crippen molar-refractivity contribution in [3.8, 4) is 0 Å². The molecule has 0 bridgehead atoms. The minimum atomic E-state index is -1.56. The molecule has 1 saturated heterocycles. The Morgan fingerprint density at radius 2 is 1.45 bits per heavy atom. The predicted molar refractivity (Wildman–Crippen MR) is 247 cm³/mol. The molecule has 0 radical (unpaired) electrons. The first-order valence-corrected chi connectivity index (χ1v) is 22.6. The monoisotopic (exact) mass is 970 g/mol. The molecule has 1 aliphatic heterocycles. The van der Waals surface area contributed by atoms with Gasteiger partial charge in [0.15, 0.2) is 16.9 Å². The maximum absolute atomic E-state index is 14.2. The van der Waals surface area contributed by atoms with Crippen molar-refractivity contribution in [2.24, 2.45) is 10.3 Å². The lowest BCUT2D eigenvalue weighted by Crippen LogP contribution is -2.70. The summed E-state index contributed by atoms with van der Waals surface area (Å²) in [5, 5.41) is 25.9. The van der Waals surface area contributed by atoms with Gasteiger partial charge in [0, 0.05) is 23.1 Å². The van der Waals surface area contributed by atoms with Crippen LogP contribution < -0.4 is 16.0 Å². The SMILES string of the molecule is CC(C)(C)OC(=O)Nc1nc(C(=NOC2(C(=O)OC(c3ccccc3)c3ccccc3)CC2)C(=O)N[C@@H]2C(=O)N[C@H]2Cn2nc(CN=[N+]=[N-])c(CN(C(=O)OC(C)(C)C)C(=O)OC(C)(C)C)n2)cs1. The minimum absolute atomic E-state index is 0.0436. The summed E-state index contributed by atoms with van der Waals surface area (Å²) in [6, 6.07) is 16.3. The molecule has 2 atom stereocenters. The zero-order chi connectivity index (χ0) is 50.3. The molecule has 3 heterocycles. The van der Waals surface area contributed by atoms with Gasteiger partial charge in [0.25, 0.3) is 5.91 Å².